The standard InChI is InChI=1S/C15H21FN2O.ClH/c1-17-10-13-3-2-8-18(11-13)15(19)9-12-4-6-14(16)7-5-12;/h4-7,13,17H,2-3,8-11H2,1H3;1H. The first-order chi connectivity index (χ1) is 9.19. The largest absolute Gasteiger partial charge is 0.342 e. The molecule has 0 aliphatic carbocycles. The van der Waals surface area contributed by atoms with E-state index < -0.39 is 0 Å². The molecule has 112 valence electrons. The average molecular weight is 301 g/mol. The van der Waals surface area contributed by atoms with Crippen LogP contribution in [0, 0.1) is 11.7 Å². The van der Waals surface area contributed by atoms with Crippen molar-refractivity contribution in [3.8, 4) is 0 Å². The van der Waals surface area contributed by atoms with Gasteiger partial charge in [-0.2, -0.15) is 0 Å². The van der Waals surface area contributed by atoms with E-state index in [0.29, 0.717) is 12.3 Å². The van der Waals surface area contributed by atoms with E-state index in [1.807, 2.05) is 11.9 Å². The first kappa shape index (κ1) is 16.9. The molecule has 0 spiro atoms. The number of hydrogen-bond donors (Lipinski definition) is 1. The van der Waals surface area contributed by atoms with Gasteiger partial charge in [-0.25, -0.2) is 4.39 Å². The highest BCUT2D eigenvalue weighted by Crippen LogP contribution is 2.17. The first-order valence-electron chi connectivity index (χ1n) is 6.86. The van der Waals surface area contributed by atoms with Crippen LogP contribution in [0.5, 0.6) is 0 Å². The molecule has 1 unspecified atom stereocenters. The molecule has 20 heavy (non-hydrogen) atoms. The molecule has 1 aliphatic rings. The maximum atomic E-state index is 12.8. The maximum Gasteiger partial charge on any atom is 0.226 e. The van der Waals surface area contributed by atoms with Crippen molar-refractivity contribution in [2.45, 2.75) is 19.3 Å². The van der Waals surface area contributed by atoms with E-state index in [9.17, 15) is 9.18 Å². The van der Waals surface area contributed by atoms with Crippen molar-refractivity contribution in [1.82, 2.24) is 10.2 Å². The molecule has 1 amide bonds. The van der Waals surface area contributed by atoms with Gasteiger partial charge in [-0.05, 0) is 50.0 Å². The second kappa shape index (κ2) is 8.22. The second-order valence-corrected chi connectivity index (χ2v) is 5.21. The van der Waals surface area contributed by atoms with Gasteiger partial charge in [-0.1, -0.05) is 12.1 Å². The molecule has 1 aliphatic heterocycles. The predicted molar refractivity (Wildman–Crippen MR) is 80.6 cm³/mol. The molecule has 3 nitrogen and oxygen atoms in total. The van der Waals surface area contributed by atoms with Gasteiger partial charge < -0.3 is 10.2 Å². The van der Waals surface area contributed by atoms with Crippen molar-refractivity contribution in [2.24, 2.45) is 5.92 Å². The SMILES string of the molecule is CNCC1CCCN(C(=O)Cc2ccc(F)cc2)C1.Cl. The summed E-state index contributed by atoms with van der Waals surface area (Å²) in [5, 5.41) is 3.17. The monoisotopic (exact) mass is 300 g/mol. The molecule has 1 aromatic rings. The summed E-state index contributed by atoms with van der Waals surface area (Å²) in [6, 6.07) is 6.18. The zero-order valence-corrected chi connectivity index (χ0v) is 12.6. The fraction of sp³-hybridized carbons (Fsp3) is 0.533. The van der Waals surface area contributed by atoms with Crippen molar-refractivity contribution in [3.05, 3.63) is 35.6 Å². The van der Waals surface area contributed by atoms with Crippen LogP contribution in [0.25, 0.3) is 0 Å². The maximum absolute atomic E-state index is 12.8. The number of hydrogen-bond acceptors (Lipinski definition) is 2. The Hall–Kier alpha value is -1.13. The molecule has 1 N–H and O–H groups in total. The molecule has 2 rings (SSSR count). The van der Waals surface area contributed by atoms with E-state index >= 15 is 0 Å². The van der Waals surface area contributed by atoms with Crippen LogP contribution in [-0.2, 0) is 11.2 Å². The van der Waals surface area contributed by atoms with Crippen LogP contribution in [-0.4, -0.2) is 37.5 Å². The van der Waals surface area contributed by atoms with Gasteiger partial charge in [0.25, 0.3) is 0 Å². The van der Waals surface area contributed by atoms with Crippen molar-refractivity contribution in [3.63, 3.8) is 0 Å². The van der Waals surface area contributed by atoms with Gasteiger partial charge in [0.05, 0.1) is 6.42 Å². The third-order valence-electron chi connectivity index (χ3n) is 3.63. The van der Waals surface area contributed by atoms with Crippen LogP contribution in [0.15, 0.2) is 24.3 Å². The number of halogens is 2. The van der Waals surface area contributed by atoms with Gasteiger partial charge in [0.15, 0.2) is 0 Å². The minimum Gasteiger partial charge on any atom is -0.342 e. The van der Waals surface area contributed by atoms with E-state index in [1.54, 1.807) is 12.1 Å². The van der Waals surface area contributed by atoms with Gasteiger partial charge in [-0.3, -0.25) is 4.79 Å². The number of piperidine rings is 1. The zero-order valence-electron chi connectivity index (χ0n) is 11.8. The highest BCUT2D eigenvalue weighted by atomic mass is 35.5. The summed E-state index contributed by atoms with van der Waals surface area (Å²) in [5.74, 6) is 0.437. The Morgan fingerprint density at radius 1 is 1.40 bits per heavy atom. The lowest BCUT2D eigenvalue weighted by Gasteiger charge is -2.32. The minimum absolute atomic E-state index is 0. The van der Waals surface area contributed by atoms with Crippen LogP contribution >= 0.6 is 12.4 Å². The summed E-state index contributed by atoms with van der Waals surface area (Å²) in [7, 11) is 1.94. The zero-order chi connectivity index (χ0) is 13.7. The van der Waals surface area contributed by atoms with Crippen LogP contribution in [0.4, 0.5) is 4.39 Å². The molecule has 5 heteroatoms. The van der Waals surface area contributed by atoms with Gasteiger partial charge >= 0.3 is 0 Å². The van der Waals surface area contributed by atoms with Crippen molar-refractivity contribution < 1.29 is 9.18 Å². The molecular formula is C15H22ClFN2O. The van der Waals surface area contributed by atoms with Crippen molar-refractivity contribution in [1.29, 1.82) is 0 Å². The highest BCUT2D eigenvalue weighted by Gasteiger charge is 2.23. The summed E-state index contributed by atoms with van der Waals surface area (Å²) in [6.45, 7) is 2.64. The molecule has 1 atom stereocenters. The third-order valence-corrected chi connectivity index (χ3v) is 3.63. The van der Waals surface area contributed by atoms with Gasteiger partial charge in [0.2, 0.25) is 5.91 Å². The Morgan fingerprint density at radius 3 is 2.75 bits per heavy atom. The summed E-state index contributed by atoms with van der Waals surface area (Å²) >= 11 is 0. The Morgan fingerprint density at radius 2 is 2.10 bits per heavy atom. The average Bonchev–Trinajstić information content (AvgIpc) is 2.42. The summed E-state index contributed by atoms with van der Waals surface area (Å²) < 4.78 is 12.8. The van der Waals surface area contributed by atoms with Gasteiger partial charge in [0, 0.05) is 13.1 Å². The molecule has 1 aromatic carbocycles. The lowest BCUT2D eigenvalue weighted by atomic mass is 9.97. The molecule has 1 heterocycles. The Labute approximate surface area is 125 Å². The number of nitrogens with one attached hydrogen (secondary N) is 1. The number of carbonyl (C=O) groups is 1. The lowest BCUT2D eigenvalue weighted by Crippen LogP contribution is -2.43. The van der Waals surface area contributed by atoms with E-state index in [0.717, 1.165) is 31.6 Å². The second-order valence-electron chi connectivity index (χ2n) is 5.21. The highest BCUT2D eigenvalue weighted by molar-refractivity contribution is 5.85. The fourth-order valence-electron chi connectivity index (χ4n) is 2.64. The lowest BCUT2D eigenvalue weighted by molar-refractivity contribution is -0.132. The number of carbonyl (C=O) groups excluding carboxylic acids is 1. The van der Waals surface area contributed by atoms with Gasteiger partial charge in [-0.15, -0.1) is 12.4 Å². The van der Waals surface area contributed by atoms with Crippen LogP contribution in [0.2, 0.25) is 0 Å². The molecule has 0 aromatic heterocycles. The summed E-state index contributed by atoms with van der Waals surface area (Å²) in [6.07, 6.45) is 2.62. The molecule has 0 bridgehead atoms. The van der Waals surface area contributed by atoms with E-state index in [-0.39, 0.29) is 24.1 Å². The Bertz CT molecular complexity index is 422. The first-order valence-corrected chi connectivity index (χ1v) is 6.86. The molecule has 1 fully saturated rings. The topological polar surface area (TPSA) is 32.3 Å². The number of benzene rings is 1. The van der Waals surface area contributed by atoms with Crippen molar-refractivity contribution >= 4 is 18.3 Å². The van der Waals surface area contributed by atoms with Crippen molar-refractivity contribution in [2.75, 3.05) is 26.7 Å². The molecule has 0 saturated carbocycles. The van der Waals surface area contributed by atoms with Crippen LogP contribution in [0.1, 0.15) is 18.4 Å². The van der Waals surface area contributed by atoms with E-state index in [2.05, 4.69) is 5.32 Å². The Balaban J connectivity index is 0.00000200. The number of nitrogens with zero attached hydrogens (tertiary/aromatic N) is 1. The van der Waals surface area contributed by atoms with Crippen LogP contribution in [0.3, 0.4) is 0 Å². The fourth-order valence-corrected chi connectivity index (χ4v) is 2.64. The van der Waals surface area contributed by atoms with E-state index in [1.165, 1.54) is 18.6 Å². The Kier molecular flexibility index (Phi) is 6.96. The summed E-state index contributed by atoms with van der Waals surface area (Å²) in [5.41, 5.74) is 0.877. The third kappa shape index (κ3) is 4.76. The summed E-state index contributed by atoms with van der Waals surface area (Å²) in [4.78, 5) is 14.2. The molecular weight excluding hydrogens is 279 g/mol. The minimum atomic E-state index is -0.261. The number of amides is 1. The van der Waals surface area contributed by atoms with Gasteiger partial charge in [0.1, 0.15) is 5.82 Å². The van der Waals surface area contributed by atoms with Crippen LogP contribution < -0.4 is 5.32 Å². The number of rotatable bonds is 4. The molecule has 1 saturated heterocycles. The molecule has 0 radical (unpaired) electrons. The normalized spacial score (nSPS) is 18.5. The number of likely N-dealkylation sites (tertiary alicyclic amines) is 1. The van der Waals surface area contributed by atoms with E-state index in [4.69, 9.17) is 0 Å². The smallest absolute Gasteiger partial charge is 0.226 e. The quantitative estimate of drug-likeness (QED) is 0.925. The predicted octanol–water partition coefficient (Wildman–Crippen LogP) is 2.25.